The van der Waals surface area contributed by atoms with Crippen molar-refractivity contribution in [2.45, 2.75) is 26.7 Å². The molecule has 4 nitrogen and oxygen atoms in total. The summed E-state index contributed by atoms with van der Waals surface area (Å²) in [4.78, 5) is 23.7. The standard InChI is InChI=1S/C19H20ClNO3/c1-3-24-19(23)16-10-9-15(12-17(16)20)21-18(22)11-8-14-6-4-13(2)5-7-14/h4-7,9-10,12H,3,8,11H2,1-2H3,(H,21,22). The molecule has 126 valence electrons. The monoisotopic (exact) mass is 345 g/mol. The van der Waals surface area contributed by atoms with Crippen LogP contribution in [-0.4, -0.2) is 18.5 Å². The van der Waals surface area contributed by atoms with E-state index in [0.29, 0.717) is 18.5 Å². The Morgan fingerprint density at radius 2 is 1.83 bits per heavy atom. The van der Waals surface area contributed by atoms with E-state index in [2.05, 4.69) is 5.32 Å². The van der Waals surface area contributed by atoms with Crippen LogP contribution in [0.1, 0.15) is 34.8 Å². The molecule has 0 heterocycles. The molecule has 0 bridgehead atoms. The second-order valence-electron chi connectivity index (χ2n) is 5.45. The SMILES string of the molecule is CCOC(=O)c1ccc(NC(=O)CCc2ccc(C)cc2)cc1Cl. The van der Waals surface area contributed by atoms with E-state index in [4.69, 9.17) is 16.3 Å². The van der Waals surface area contributed by atoms with Crippen LogP contribution >= 0.6 is 11.6 Å². The first-order valence-electron chi connectivity index (χ1n) is 7.81. The van der Waals surface area contributed by atoms with Crippen LogP contribution in [0.5, 0.6) is 0 Å². The number of benzene rings is 2. The summed E-state index contributed by atoms with van der Waals surface area (Å²) in [5.41, 5.74) is 3.16. The van der Waals surface area contributed by atoms with Gasteiger partial charge in [0.1, 0.15) is 0 Å². The van der Waals surface area contributed by atoms with Crippen molar-refractivity contribution in [1.82, 2.24) is 0 Å². The van der Waals surface area contributed by atoms with Gasteiger partial charge in [-0.3, -0.25) is 4.79 Å². The molecule has 0 atom stereocenters. The van der Waals surface area contributed by atoms with Crippen molar-refractivity contribution in [2.75, 3.05) is 11.9 Å². The predicted molar refractivity (Wildman–Crippen MR) is 95.5 cm³/mol. The Hall–Kier alpha value is -2.33. The van der Waals surface area contributed by atoms with Crippen molar-refractivity contribution in [3.05, 3.63) is 64.2 Å². The van der Waals surface area contributed by atoms with Crippen LogP contribution in [0.2, 0.25) is 5.02 Å². The number of anilines is 1. The third kappa shape index (κ3) is 5.10. The zero-order chi connectivity index (χ0) is 17.5. The molecule has 0 fully saturated rings. The summed E-state index contributed by atoms with van der Waals surface area (Å²) in [6.45, 7) is 4.04. The second-order valence-corrected chi connectivity index (χ2v) is 5.86. The van der Waals surface area contributed by atoms with Gasteiger partial charge in [0.2, 0.25) is 5.91 Å². The molecule has 0 aliphatic heterocycles. The first-order valence-corrected chi connectivity index (χ1v) is 8.19. The Kier molecular flexibility index (Phi) is 6.38. The first-order chi connectivity index (χ1) is 11.5. The van der Waals surface area contributed by atoms with Crippen molar-refractivity contribution in [2.24, 2.45) is 0 Å². The van der Waals surface area contributed by atoms with Gasteiger partial charge in [-0.2, -0.15) is 0 Å². The van der Waals surface area contributed by atoms with E-state index in [1.807, 2.05) is 31.2 Å². The maximum absolute atomic E-state index is 12.0. The highest BCUT2D eigenvalue weighted by Crippen LogP contribution is 2.22. The van der Waals surface area contributed by atoms with Gasteiger partial charge in [-0.05, 0) is 44.0 Å². The minimum Gasteiger partial charge on any atom is -0.462 e. The van der Waals surface area contributed by atoms with E-state index in [1.165, 1.54) is 5.56 Å². The lowest BCUT2D eigenvalue weighted by molar-refractivity contribution is -0.116. The van der Waals surface area contributed by atoms with E-state index < -0.39 is 5.97 Å². The minimum absolute atomic E-state index is 0.101. The number of carbonyl (C=O) groups is 2. The summed E-state index contributed by atoms with van der Waals surface area (Å²) in [6, 6.07) is 12.8. The van der Waals surface area contributed by atoms with Crippen LogP contribution < -0.4 is 5.32 Å². The quantitative estimate of drug-likeness (QED) is 0.789. The molecular weight excluding hydrogens is 326 g/mol. The van der Waals surface area contributed by atoms with E-state index in [0.717, 1.165) is 5.56 Å². The van der Waals surface area contributed by atoms with Crippen LogP contribution in [0.4, 0.5) is 5.69 Å². The number of halogens is 1. The van der Waals surface area contributed by atoms with Gasteiger partial charge in [0, 0.05) is 12.1 Å². The smallest absolute Gasteiger partial charge is 0.339 e. The molecule has 0 aliphatic rings. The Morgan fingerprint density at radius 1 is 1.12 bits per heavy atom. The number of ether oxygens (including phenoxy) is 1. The number of amides is 1. The van der Waals surface area contributed by atoms with Crippen molar-refractivity contribution < 1.29 is 14.3 Å². The molecule has 24 heavy (non-hydrogen) atoms. The van der Waals surface area contributed by atoms with Crippen molar-refractivity contribution >= 4 is 29.2 Å². The van der Waals surface area contributed by atoms with Gasteiger partial charge >= 0.3 is 5.97 Å². The summed E-state index contributed by atoms with van der Waals surface area (Å²) in [7, 11) is 0. The van der Waals surface area contributed by atoms with Gasteiger partial charge in [0.15, 0.2) is 0 Å². The maximum atomic E-state index is 12.0. The number of nitrogens with one attached hydrogen (secondary N) is 1. The van der Waals surface area contributed by atoms with Crippen LogP contribution in [0.25, 0.3) is 0 Å². The predicted octanol–water partition coefficient (Wildman–Crippen LogP) is 4.40. The molecule has 1 N–H and O–H groups in total. The number of aryl methyl sites for hydroxylation is 2. The average molecular weight is 346 g/mol. The average Bonchev–Trinajstić information content (AvgIpc) is 2.54. The van der Waals surface area contributed by atoms with E-state index >= 15 is 0 Å². The van der Waals surface area contributed by atoms with Crippen molar-refractivity contribution in [1.29, 1.82) is 0 Å². The summed E-state index contributed by atoms with van der Waals surface area (Å²) >= 11 is 6.08. The Bertz CT molecular complexity index is 726. The summed E-state index contributed by atoms with van der Waals surface area (Å²) in [5.74, 6) is -0.574. The van der Waals surface area contributed by atoms with Gasteiger partial charge in [-0.25, -0.2) is 4.79 Å². The molecule has 0 aliphatic carbocycles. The number of esters is 1. The third-order valence-corrected chi connectivity index (χ3v) is 3.82. The lowest BCUT2D eigenvalue weighted by Gasteiger charge is -2.08. The molecule has 2 aromatic rings. The fourth-order valence-electron chi connectivity index (χ4n) is 2.20. The fourth-order valence-corrected chi connectivity index (χ4v) is 2.46. The minimum atomic E-state index is -0.472. The van der Waals surface area contributed by atoms with Gasteiger partial charge in [0.05, 0.1) is 17.2 Å². The Labute approximate surface area is 146 Å². The zero-order valence-corrected chi connectivity index (χ0v) is 14.5. The van der Waals surface area contributed by atoms with Crippen molar-refractivity contribution in [3.8, 4) is 0 Å². The first kappa shape index (κ1) is 18.0. The lowest BCUT2D eigenvalue weighted by Crippen LogP contribution is -2.13. The summed E-state index contributed by atoms with van der Waals surface area (Å²) in [5, 5.41) is 3.04. The molecule has 0 saturated heterocycles. The van der Waals surface area contributed by atoms with Gasteiger partial charge in [-0.15, -0.1) is 0 Å². The van der Waals surface area contributed by atoms with Crippen molar-refractivity contribution in [3.63, 3.8) is 0 Å². The van der Waals surface area contributed by atoms with Crippen LogP contribution in [0.15, 0.2) is 42.5 Å². The topological polar surface area (TPSA) is 55.4 Å². The number of hydrogen-bond acceptors (Lipinski definition) is 3. The molecular formula is C19H20ClNO3. The van der Waals surface area contributed by atoms with Gasteiger partial charge in [-0.1, -0.05) is 41.4 Å². The highest BCUT2D eigenvalue weighted by Gasteiger charge is 2.12. The molecule has 0 spiro atoms. The van der Waals surface area contributed by atoms with E-state index in [-0.39, 0.29) is 23.1 Å². The van der Waals surface area contributed by atoms with Crippen LogP contribution in [0.3, 0.4) is 0 Å². The summed E-state index contributed by atoms with van der Waals surface area (Å²) < 4.78 is 4.91. The second kappa shape index (κ2) is 8.50. The fraction of sp³-hybridized carbons (Fsp3) is 0.263. The lowest BCUT2D eigenvalue weighted by atomic mass is 10.1. The highest BCUT2D eigenvalue weighted by molar-refractivity contribution is 6.34. The number of hydrogen-bond donors (Lipinski definition) is 1. The van der Waals surface area contributed by atoms with Crippen LogP contribution in [0, 0.1) is 6.92 Å². The maximum Gasteiger partial charge on any atom is 0.339 e. The molecule has 2 aromatic carbocycles. The normalized spacial score (nSPS) is 10.3. The molecule has 0 radical (unpaired) electrons. The molecule has 0 saturated carbocycles. The Balaban J connectivity index is 1.93. The molecule has 2 rings (SSSR count). The van der Waals surface area contributed by atoms with E-state index in [1.54, 1.807) is 25.1 Å². The molecule has 5 heteroatoms. The number of carbonyl (C=O) groups excluding carboxylic acids is 2. The van der Waals surface area contributed by atoms with Crippen LogP contribution in [-0.2, 0) is 16.0 Å². The largest absolute Gasteiger partial charge is 0.462 e. The van der Waals surface area contributed by atoms with Gasteiger partial charge < -0.3 is 10.1 Å². The molecule has 0 aromatic heterocycles. The zero-order valence-electron chi connectivity index (χ0n) is 13.8. The molecule has 1 amide bonds. The third-order valence-electron chi connectivity index (χ3n) is 3.51. The summed E-state index contributed by atoms with van der Waals surface area (Å²) in [6.07, 6.45) is 1.04. The van der Waals surface area contributed by atoms with E-state index in [9.17, 15) is 9.59 Å². The number of rotatable bonds is 6. The Morgan fingerprint density at radius 3 is 2.46 bits per heavy atom. The molecule has 0 unspecified atom stereocenters. The van der Waals surface area contributed by atoms with Gasteiger partial charge in [0.25, 0.3) is 0 Å². The highest BCUT2D eigenvalue weighted by atomic mass is 35.5.